The first kappa shape index (κ1) is 17.1. The molecule has 0 heterocycles. The second kappa shape index (κ2) is 8.42. The predicted molar refractivity (Wildman–Crippen MR) is 94.3 cm³/mol. The molecule has 1 saturated carbocycles. The predicted octanol–water partition coefficient (Wildman–Crippen LogP) is 3.17. The molecule has 122 valence electrons. The molecule has 0 saturated heterocycles. The Bertz CT molecular complexity index is 500. The number of hydrogen-bond acceptors (Lipinski definition) is 2. The maximum absolute atomic E-state index is 14.0. The molecule has 1 aliphatic carbocycles. The van der Waals surface area contributed by atoms with Gasteiger partial charge in [-0.05, 0) is 49.8 Å². The summed E-state index contributed by atoms with van der Waals surface area (Å²) >= 11 is 1.85. The van der Waals surface area contributed by atoms with Crippen molar-refractivity contribution in [3.63, 3.8) is 0 Å². The smallest absolute Gasteiger partial charge is 0.191 e. The van der Waals surface area contributed by atoms with Gasteiger partial charge in [-0.2, -0.15) is 11.8 Å². The molecule has 0 amide bonds. The molecule has 0 aliphatic heterocycles. The average molecular weight is 323 g/mol. The van der Waals surface area contributed by atoms with E-state index in [-0.39, 0.29) is 11.2 Å². The van der Waals surface area contributed by atoms with Crippen LogP contribution in [0.5, 0.6) is 0 Å². The van der Waals surface area contributed by atoms with Crippen molar-refractivity contribution in [3.05, 3.63) is 35.6 Å². The molecule has 0 radical (unpaired) electrons. The van der Waals surface area contributed by atoms with Crippen LogP contribution in [0.25, 0.3) is 0 Å². The van der Waals surface area contributed by atoms with Gasteiger partial charge in [-0.25, -0.2) is 4.39 Å². The topological polar surface area (TPSA) is 36.4 Å². The maximum Gasteiger partial charge on any atom is 0.191 e. The number of nitrogens with zero attached hydrogens (tertiary/aromatic N) is 1. The van der Waals surface area contributed by atoms with Gasteiger partial charge in [0.1, 0.15) is 5.82 Å². The SMILES string of the molecule is CCNC(=NCC1(c2ccccc2F)CC1)NCCCSC. The lowest BCUT2D eigenvalue weighted by atomic mass is 9.95. The molecule has 3 nitrogen and oxygen atoms in total. The molecule has 1 fully saturated rings. The standard InChI is InChI=1S/C17H26FN3S/c1-3-19-16(20-11-6-12-22-2)21-13-17(9-10-17)14-7-4-5-8-15(14)18/h4-5,7-8H,3,6,9-13H2,1-2H3,(H2,19,20,21). The highest BCUT2D eigenvalue weighted by Gasteiger charge is 2.45. The number of benzene rings is 1. The number of rotatable bonds is 8. The molecule has 0 bridgehead atoms. The summed E-state index contributed by atoms with van der Waals surface area (Å²) in [4.78, 5) is 4.68. The minimum atomic E-state index is -0.104. The van der Waals surface area contributed by atoms with Crippen LogP contribution in [0.2, 0.25) is 0 Å². The third kappa shape index (κ3) is 4.63. The van der Waals surface area contributed by atoms with Crippen LogP contribution in [0.1, 0.15) is 31.7 Å². The minimum Gasteiger partial charge on any atom is -0.357 e. The molecule has 1 aliphatic rings. The Balaban J connectivity index is 1.96. The first-order valence-corrected chi connectivity index (χ1v) is 9.37. The Morgan fingerprint density at radius 3 is 2.73 bits per heavy atom. The Hall–Kier alpha value is -1.23. The van der Waals surface area contributed by atoms with E-state index in [1.807, 2.05) is 23.9 Å². The van der Waals surface area contributed by atoms with Crippen molar-refractivity contribution in [2.75, 3.05) is 31.6 Å². The second-order valence-electron chi connectivity index (χ2n) is 5.73. The van der Waals surface area contributed by atoms with Crippen molar-refractivity contribution in [1.82, 2.24) is 10.6 Å². The van der Waals surface area contributed by atoms with Crippen LogP contribution < -0.4 is 10.6 Å². The second-order valence-corrected chi connectivity index (χ2v) is 6.71. The Kier molecular flexibility index (Phi) is 6.55. The summed E-state index contributed by atoms with van der Waals surface area (Å²) in [7, 11) is 0. The minimum absolute atomic E-state index is 0.0903. The zero-order valence-electron chi connectivity index (χ0n) is 13.5. The van der Waals surface area contributed by atoms with Gasteiger partial charge in [0.2, 0.25) is 0 Å². The Morgan fingerprint density at radius 1 is 1.32 bits per heavy atom. The largest absolute Gasteiger partial charge is 0.357 e. The van der Waals surface area contributed by atoms with Crippen LogP contribution in [-0.4, -0.2) is 37.6 Å². The first-order valence-electron chi connectivity index (χ1n) is 7.98. The summed E-state index contributed by atoms with van der Waals surface area (Å²) in [6, 6.07) is 7.10. The lowest BCUT2D eigenvalue weighted by Gasteiger charge is -2.16. The average Bonchev–Trinajstić information content (AvgIpc) is 3.30. The zero-order valence-corrected chi connectivity index (χ0v) is 14.3. The van der Waals surface area contributed by atoms with Gasteiger partial charge in [-0.1, -0.05) is 18.2 Å². The van der Waals surface area contributed by atoms with Crippen LogP contribution in [0.3, 0.4) is 0 Å². The van der Waals surface area contributed by atoms with E-state index in [1.165, 1.54) is 0 Å². The molecule has 0 aromatic heterocycles. The lowest BCUT2D eigenvalue weighted by Crippen LogP contribution is -2.38. The van der Waals surface area contributed by atoms with Crippen molar-refractivity contribution in [2.24, 2.45) is 4.99 Å². The van der Waals surface area contributed by atoms with E-state index in [0.29, 0.717) is 6.54 Å². The third-order valence-electron chi connectivity index (χ3n) is 4.00. The number of guanidine groups is 1. The summed E-state index contributed by atoms with van der Waals surface area (Å²) in [5.41, 5.74) is 0.726. The molecule has 22 heavy (non-hydrogen) atoms. The molecule has 1 aromatic rings. The summed E-state index contributed by atoms with van der Waals surface area (Å²) in [6.45, 7) is 4.45. The highest BCUT2D eigenvalue weighted by Crippen LogP contribution is 2.49. The summed E-state index contributed by atoms with van der Waals surface area (Å²) in [6.07, 6.45) is 5.27. The van der Waals surface area contributed by atoms with Crippen molar-refractivity contribution in [3.8, 4) is 0 Å². The van der Waals surface area contributed by atoms with Gasteiger partial charge >= 0.3 is 0 Å². The molecule has 2 rings (SSSR count). The molecule has 5 heteroatoms. The van der Waals surface area contributed by atoms with Gasteiger partial charge in [0, 0.05) is 18.5 Å². The monoisotopic (exact) mass is 323 g/mol. The van der Waals surface area contributed by atoms with Gasteiger partial charge in [0.25, 0.3) is 0 Å². The zero-order chi connectivity index (χ0) is 15.8. The van der Waals surface area contributed by atoms with E-state index in [0.717, 1.165) is 49.6 Å². The lowest BCUT2D eigenvalue weighted by molar-refractivity contribution is 0.572. The Morgan fingerprint density at radius 2 is 2.09 bits per heavy atom. The molecular formula is C17H26FN3S. The fourth-order valence-corrected chi connectivity index (χ4v) is 2.98. The van der Waals surface area contributed by atoms with Crippen LogP contribution in [0.4, 0.5) is 4.39 Å². The number of thioether (sulfide) groups is 1. The van der Waals surface area contributed by atoms with E-state index in [9.17, 15) is 4.39 Å². The van der Waals surface area contributed by atoms with Gasteiger partial charge in [-0.15, -0.1) is 0 Å². The number of nitrogens with one attached hydrogen (secondary N) is 2. The molecule has 2 N–H and O–H groups in total. The van der Waals surface area contributed by atoms with E-state index in [1.54, 1.807) is 12.1 Å². The van der Waals surface area contributed by atoms with Crippen molar-refractivity contribution in [1.29, 1.82) is 0 Å². The molecule has 0 unspecified atom stereocenters. The number of halogens is 1. The number of hydrogen-bond donors (Lipinski definition) is 2. The van der Waals surface area contributed by atoms with E-state index in [2.05, 4.69) is 28.8 Å². The van der Waals surface area contributed by atoms with Crippen LogP contribution in [0.15, 0.2) is 29.3 Å². The number of aliphatic imine (C=N–C) groups is 1. The molecule has 0 spiro atoms. The fraction of sp³-hybridized carbons (Fsp3) is 0.588. The van der Waals surface area contributed by atoms with Crippen LogP contribution >= 0.6 is 11.8 Å². The van der Waals surface area contributed by atoms with Crippen molar-refractivity contribution in [2.45, 2.75) is 31.6 Å². The highest BCUT2D eigenvalue weighted by molar-refractivity contribution is 7.98. The van der Waals surface area contributed by atoms with Crippen molar-refractivity contribution >= 4 is 17.7 Å². The van der Waals surface area contributed by atoms with Gasteiger partial charge in [0.15, 0.2) is 5.96 Å². The summed E-state index contributed by atoms with van der Waals surface area (Å²) < 4.78 is 14.0. The normalized spacial score (nSPS) is 16.4. The van der Waals surface area contributed by atoms with E-state index < -0.39 is 0 Å². The van der Waals surface area contributed by atoms with Crippen LogP contribution in [-0.2, 0) is 5.41 Å². The van der Waals surface area contributed by atoms with Crippen molar-refractivity contribution < 1.29 is 4.39 Å². The van der Waals surface area contributed by atoms with E-state index in [4.69, 9.17) is 0 Å². The quantitative estimate of drug-likeness (QED) is 0.438. The van der Waals surface area contributed by atoms with E-state index >= 15 is 0 Å². The van der Waals surface area contributed by atoms with Gasteiger partial charge in [0.05, 0.1) is 6.54 Å². The molecule has 0 atom stereocenters. The van der Waals surface area contributed by atoms with Gasteiger partial charge < -0.3 is 10.6 Å². The van der Waals surface area contributed by atoms with Crippen LogP contribution in [0, 0.1) is 5.82 Å². The fourth-order valence-electron chi connectivity index (χ4n) is 2.55. The Labute approximate surface area is 137 Å². The third-order valence-corrected chi connectivity index (χ3v) is 4.70. The summed E-state index contributed by atoms with van der Waals surface area (Å²) in [5.74, 6) is 1.88. The van der Waals surface area contributed by atoms with Gasteiger partial charge in [-0.3, -0.25) is 4.99 Å². The maximum atomic E-state index is 14.0. The summed E-state index contributed by atoms with van der Waals surface area (Å²) in [5, 5.41) is 6.62. The highest BCUT2D eigenvalue weighted by atomic mass is 32.2. The first-order chi connectivity index (χ1) is 10.7. The molecular weight excluding hydrogens is 297 g/mol. The molecule has 1 aromatic carbocycles.